The number of piperazine rings is 2. The first-order valence-corrected chi connectivity index (χ1v) is 15.6. The summed E-state index contributed by atoms with van der Waals surface area (Å²) in [5, 5.41) is 19.6. The number of aromatic nitrogens is 1. The Morgan fingerprint density at radius 2 is 1.55 bits per heavy atom. The van der Waals surface area contributed by atoms with Crippen LogP contribution in [0.25, 0.3) is 0 Å². The standard InChI is InChI=1S/C30H38N6O8.C2HF3O2/c1-43-23-5-3-21(4-6-23)19-32-24(17-26(37)34-13-11-33(12-14-34)22-7-9-31-10-8-22)29(41)36-16-15-35(20-27(38)39)30(42)25(36)18-28(40)44-2;3-2(4,5)1(6)7/h3-10,24-25,32H,11-20H2,1-2H3,(H,38,39);(H,6,7). The Morgan fingerprint density at radius 3 is 2.08 bits per heavy atom. The van der Waals surface area contributed by atoms with Crippen molar-refractivity contribution in [3.05, 3.63) is 54.4 Å². The number of pyridine rings is 1. The van der Waals surface area contributed by atoms with E-state index in [2.05, 4.69) is 15.2 Å². The number of alkyl halides is 3. The molecule has 2 aliphatic heterocycles. The number of amides is 3. The number of anilines is 1. The van der Waals surface area contributed by atoms with Crippen molar-refractivity contribution in [3.8, 4) is 5.75 Å². The Kier molecular flexibility index (Phi) is 14.5. The number of carboxylic acid groups (broad SMARTS) is 2. The van der Waals surface area contributed by atoms with Gasteiger partial charge >= 0.3 is 24.1 Å². The summed E-state index contributed by atoms with van der Waals surface area (Å²) in [5.74, 6) is -5.42. The number of nitrogens with zero attached hydrogens (tertiary/aromatic N) is 5. The number of aliphatic carboxylic acids is 2. The number of methoxy groups -OCH3 is 2. The maximum absolute atomic E-state index is 14.0. The molecular formula is C32H39F3N6O10. The molecule has 0 spiro atoms. The Balaban J connectivity index is 0.000000908. The van der Waals surface area contributed by atoms with Crippen molar-refractivity contribution < 1.29 is 61.6 Å². The molecule has 2 saturated heterocycles. The van der Waals surface area contributed by atoms with E-state index in [0.717, 1.165) is 16.2 Å². The molecule has 0 bridgehead atoms. The lowest BCUT2D eigenvalue weighted by Crippen LogP contribution is -2.63. The van der Waals surface area contributed by atoms with E-state index in [9.17, 15) is 42.3 Å². The van der Waals surface area contributed by atoms with Crippen molar-refractivity contribution in [2.45, 2.75) is 37.6 Å². The Hall–Kier alpha value is -5.46. The van der Waals surface area contributed by atoms with Gasteiger partial charge in [0.05, 0.1) is 33.1 Å². The van der Waals surface area contributed by atoms with Gasteiger partial charge in [0.1, 0.15) is 18.3 Å². The molecule has 2 unspecified atom stereocenters. The van der Waals surface area contributed by atoms with Gasteiger partial charge in [-0.25, -0.2) is 4.79 Å². The van der Waals surface area contributed by atoms with E-state index in [1.54, 1.807) is 36.5 Å². The van der Waals surface area contributed by atoms with Crippen molar-refractivity contribution in [3.63, 3.8) is 0 Å². The number of halogens is 3. The van der Waals surface area contributed by atoms with Gasteiger partial charge < -0.3 is 44.6 Å². The van der Waals surface area contributed by atoms with E-state index < -0.39 is 60.9 Å². The van der Waals surface area contributed by atoms with Gasteiger partial charge in [-0.3, -0.25) is 29.0 Å². The SMILES string of the molecule is COC(=O)CC1C(=O)N(CC(=O)O)CCN1C(=O)C(CC(=O)N1CCN(c2ccncc2)CC1)NCc1ccc(OC)cc1.O=C(O)C(F)(F)F. The van der Waals surface area contributed by atoms with Gasteiger partial charge in [0, 0.05) is 63.9 Å². The highest BCUT2D eigenvalue weighted by Crippen LogP contribution is 2.20. The van der Waals surface area contributed by atoms with Crippen LogP contribution < -0.4 is 15.0 Å². The Labute approximate surface area is 290 Å². The Morgan fingerprint density at radius 1 is 0.941 bits per heavy atom. The molecule has 51 heavy (non-hydrogen) atoms. The lowest BCUT2D eigenvalue weighted by Gasteiger charge is -2.41. The first-order valence-electron chi connectivity index (χ1n) is 15.6. The zero-order valence-corrected chi connectivity index (χ0v) is 27.9. The molecule has 2 aromatic rings. The molecular weight excluding hydrogens is 685 g/mol. The minimum atomic E-state index is -5.08. The fourth-order valence-electron chi connectivity index (χ4n) is 5.37. The third-order valence-electron chi connectivity index (χ3n) is 8.07. The van der Waals surface area contributed by atoms with Crippen LogP contribution in [0.4, 0.5) is 18.9 Å². The number of hydrogen-bond donors (Lipinski definition) is 3. The zero-order chi connectivity index (χ0) is 37.7. The number of benzene rings is 1. The zero-order valence-electron chi connectivity index (χ0n) is 27.9. The molecule has 2 aliphatic rings. The average molecular weight is 725 g/mol. The topological polar surface area (TPSA) is 199 Å². The van der Waals surface area contributed by atoms with Crippen LogP contribution in [0.15, 0.2) is 48.8 Å². The summed E-state index contributed by atoms with van der Waals surface area (Å²) in [6.07, 6.45) is -2.25. The summed E-state index contributed by atoms with van der Waals surface area (Å²) < 4.78 is 41.7. The third-order valence-corrected chi connectivity index (χ3v) is 8.07. The molecule has 1 aromatic carbocycles. The molecule has 1 aromatic heterocycles. The van der Waals surface area contributed by atoms with Crippen LogP contribution in [-0.4, -0.2) is 144 Å². The molecule has 0 radical (unpaired) electrons. The molecule has 2 fully saturated rings. The second kappa shape index (κ2) is 18.5. The number of rotatable bonds is 12. The highest BCUT2D eigenvalue weighted by molar-refractivity contribution is 5.96. The van der Waals surface area contributed by atoms with Gasteiger partial charge in [-0.1, -0.05) is 12.1 Å². The second-order valence-electron chi connectivity index (χ2n) is 11.3. The average Bonchev–Trinajstić information content (AvgIpc) is 3.11. The fraction of sp³-hybridized carbons (Fsp3) is 0.469. The molecule has 19 heteroatoms. The maximum Gasteiger partial charge on any atom is 0.490 e. The van der Waals surface area contributed by atoms with E-state index in [1.165, 1.54) is 12.0 Å². The van der Waals surface area contributed by atoms with Crippen molar-refractivity contribution in [2.75, 3.05) is 64.9 Å². The monoisotopic (exact) mass is 724 g/mol. The molecule has 16 nitrogen and oxygen atoms in total. The van der Waals surface area contributed by atoms with Gasteiger partial charge in [0.15, 0.2) is 0 Å². The summed E-state index contributed by atoms with van der Waals surface area (Å²) in [5.41, 5.74) is 1.86. The van der Waals surface area contributed by atoms with Gasteiger partial charge in [-0.05, 0) is 29.8 Å². The minimum absolute atomic E-state index is 0.000965. The van der Waals surface area contributed by atoms with Crippen LogP contribution in [0.3, 0.4) is 0 Å². The van der Waals surface area contributed by atoms with Crippen molar-refractivity contribution >= 4 is 41.3 Å². The number of carbonyl (C=O) groups is 6. The van der Waals surface area contributed by atoms with Crippen LogP contribution in [0.5, 0.6) is 5.75 Å². The summed E-state index contributed by atoms with van der Waals surface area (Å²) in [7, 11) is 2.73. The first kappa shape index (κ1) is 40.0. The van der Waals surface area contributed by atoms with E-state index >= 15 is 0 Å². The summed E-state index contributed by atoms with van der Waals surface area (Å²) in [4.78, 5) is 83.6. The van der Waals surface area contributed by atoms with E-state index in [1.807, 2.05) is 24.3 Å². The number of esters is 1. The number of carbonyl (C=O) groups excluding carboxylic acids is 4. The van der Waals surface area contributed by atoms with Crippen molar-refractivity contribution in [2.24, 2.45) is 0 Å². The van der Waals surface area contributed by atoms with Crippen LogP contribution in [0.1, 0.15) is 18.4 Å². The summed E-state index contributed by atoms with van der Waals surface area (Å²) in [6.45, 7) is 1.85. The van der Waals surface area contributed by atoms with Crippen molar-refractivity contribution in [1.29, 1.82) is 0 Å². The van der Waals surface area contributed by atoms with E-state index in [0.29, 0.717) is 31.9 Å². The molecule has 4 rings (SSSR count). The van der Waals surface area contributed by atoms with Gasteiger partial charge in [-0.2, -0.15) is 13.2 Å². The molecule has 0 aliphatic carbocycles. The third kappa shape index (κ3) is 11.8. The maximum atomic E-state index is 14.0. The van der Waals surface area contributed by atoms with Gasteiger partial charge in [0.2, 0.25) is 17.7 Å². The normalized spacial score (nSPS) is 16.8. The molecule has 2 atom stereocenters. The molecule has 3 heterocycles. The first-order chi connectivity index (χ1) is 24.1. The molecule has 3 N–H and O–H groups in total. The predicted octanol–water partition coefficient (Wildman–Crippen LogP) is 0.608. The second-order valence-corrected chi connectivity index (χ2v) is 11.3. The van der Waals surface area contributed by atoms with Crippen molar-refractivity contribution in [1.82, 2.24) is 25.0 Å². The summed E-state index contributed by atoms with van der Waals surface area (Å²) in [6, 6.07) is 8.80. The number of carboxylic acids is 2. The Bertz CT molecular complexity index is 1520. The van der Waals surface area contributed by atoms with Gasteiger partial charge in [-0.15, -0.1) is 0 Å². The quantitative estimate of drug-likeness (QED) is 0.258. The number of nitrogens with one attached hydrogen (secondary N) is 1. The number of hydrogen-bond acceptors (Lipinski definition) is 11. The van der Waals surface area contributed by atoms with Crippen LogP contribution in [-0.2, 0) is 40.0 Å². The van der Waals surface area contributed by atoms with Gasteiger partial charge in [0.25, 0.3) is 0 Å². The van der Waals surface area contributed by atoms with Crippen LogP contribution in [0.2, 0.25) is 0 Å². The number of ether oxygens (including phenoxy) is 2. The summed E-state index contributed by atoms with van der Waals surface area (Å²) >= 11 is 0. The van der Waals surface area contributed by atoms with Crippen LogP contribution in [0, 0.1) is 0 Å². The van der Waals surface area contributed by atoms with Crippen LogP contribution >= 0.6 is 0 Å². The smallest absolute Gasteiger partial charge is 0.490 e. The van der Waals surface area contributed by atoms with E-state index in [-0.39, 0.29) is 32.0 Å². The lowest BCUT2D eigenvalue weighted by atomic mass is 10.0. The highest BCUT2D eigenvalue weighted by atomic mass is 19.4. The minimum Gasteiger partial charge on any atom is -0.497 e. The predicted molar refractivity (Wildman–Crippen MR) is 171 cm³/mol. The lowest BCUT2D eigenvalue weighted by molar-refractivity contribution is -0.192. The molecule has 0 saturated carbocycles. The van der Waals surface area contributed by atoms with E-state index in [4.69, 9.17) is 19.4 Å². The largest absolute Gasteiger partial charge is 0.497 e. The molecule has 278 valence electrons. The fourth-order valence-corrected chi connectivity index (χ4v) is 5.37. The molecule has 3 amide bonds. The highest BCUT2D eigenvalue weighted by Gasteiger charge is 2.42.